The Balaban J connectivity index is 1.89. The summed E-state index contributed by atoms with van der Waals surface area (Å²) in [6, 6.07) is 18.2. The summed E-state index contributed by atoms with van der Waals surface area (Å²) in [5.41, 5.74) is 3.25. The lowest BCUT2D eigenvalue weighted by Crippen LogP contribution is -1.84. The van der Waals surface area contributed by atoms with Crippen molar-refractivity contribution in [2.45, 2.75) is 6.42 Å². The molecule has 20 heavy (non-hydrogen) atoms. The quantitative estimate of drug-likeness (QED) is 0.674. The third kappa shape index (κ3) is 2.61. The molecule has 0 bridgehead atoms. The SMILES string of the molecule is C#CCc1ccc(-c2nsc(-c3ccccc3)n2)cc1. The van der Waals surface area contributed by atoms with Crippen LogP contribution in [0.25, 0.3) is 22.0 Å². The van der Waals surface area contributed by atoms with Crippen molar-refractivity contribution < 1.29 is 0 Å². The van der Waals surface area contributed by atoms with Crippen LogP contribution in [-0.2, 0) is 6.42 Å². The van der Waals surface area contributed by atoms with Crippen molar-refractivity contribution in [3.05, 3.63) is 60.2 Å². The molecule has 0 saturated carbocycles. The van der Waals surface area contributed by atoms with Gasteiger partial charge in [-0.1, -0.05) is 54.6 Å². The Hall–Kier alpha value is -2.44. The number of rotatable bonds is 3. The van der Waals surface area contributed by atoms with E-state index in [9.17, 15) is 0 Å². The maximum atomic E-state index is 5.30. The lowest BCUT2D eigenvalue weighted by Gasteiger charge is -1.98. The average Bonchev–Trinajstić information content (AvgIpc) is 2.99. The maximum absolute atomic E-state index is 5.30. The van der Waals surface area contributed by atoms with E-state index in [0.29, 0.717) is 6.42 Å². The number of hydrogen-bond acceptors (Lipinski definition) is 3. The van der Waals surface area contributed by atoms with Crippen molar-refractivity contribution in [2.24, 2.45) is 0 Å². The van der Waals surface area contributed by atoms with Crippen molar-refractivity contribution in [3.63, 3.8) is 0 Å². The second-order valence-corrected chi connectivity index (χ2v) is 5.12. The Kier molecular flexibility index (Phi) is 3.58. The summed E-state index contributed by atoms with van der Waals surface area (Å²) in [6.07, 6.45) is 5.96. The average molecular weight is 276 g/mol. The second-order valence-electron chi connectivity index (χ2n) is 4.37. The van der Waals surface area contributed by atoms with Crippen molar-refractivity contribution >= 4 is 11.5 Å². The molecular weight excluding hydrogens is 264 g/mol. The number of benzene rings is 2. The number of terminal acetylenes is 1. The predicted octanol–water partition coefficient (Wildman–Crippen LogP) is 4.05. The molecule has 0 unspecified atom stereocenters. The summed E-state index contributed by atoms with van der Waals surface area (Å²) in [5.74, 6) is 3.40. The first-order chi connectivity index (χ1) is 9.86. The first-order valence-electron chi connectivity index (χ1n) is 6.29. The largest absolute Gasteiger partial charge is 0.215 e. The molecule has 0 aliphatic rings. The minimum absolute atomic E-state index is 0.653. The van der Waals surface area contributed by atoms with Gasteiger partial charge in [0.1, 0.15) is 5.01 Å². The van der Waals surface area contributed by atoms with E-state index in [1.54, 1.807) is 0 Å². The fraction of sp³-hybridized carbons (Fsp3) is 0.0588. The molecule has 0 aliphatic heterocycles. The molecule has 1 heterocycles. The predicted molar refractivity (Wildman–Crippen MR) is 83.3 cm³/mol. The van der Waals surface area contributed by atoms with Crippen LogP contribution in [0.1, 0.15) is 5.56 Å². The smallest absolute Gasteiger partial charge is 0.173 e. The van der Waals surface area contributed by atoms with Gasteiger partial charge in [0.2, 0.25) is 0 Å². The zero-order valence-corrected chi connectivity index (χ0v) is 11.6. The van der Waals surface area contributed by atoms with Crippen LogP contribution in [0, 0.1) is 12.3 Å². The van der Waals surface area contributed by atoms with Gasteiger partial charge in [-0.2, -0.15) is 4.37 Å². The summed E-state index contributed by atoms with van der Waals surface area (Å²) in [6.45, 7) is 0. The van der Waals surface area contributed by atoms with Gasteiger partial charge in [0.25, 0.3) is 0 Å². The minimum Gasteiger partial charge on any atom is -0.215 e. The van der Waals surface area contributed by atoms with Gasteiger partial charge in [-0.05, 0) is 17.1 Å². The Labute approximate surface area is 122 Å². The van der Waals surface area contributed by atoms with Crippen LogP contribution in [0.5, 0.6) is 0 Å². The Morgan fingerprint density at radius 3 is 2.40 bits per heavy atom. The van der Waals surface area contributed by atoms with Crippen LogP contribution >= 0.6 is 11.5 Å². The molecule has 0 saturated heterocycles. The highest BCUT2D eigenvalue weighted by Crippen LogP contribution is 2.25. The molecule has 3 rings (SSSR count). The van der Waals surface area contributed by atoms with Gasteiger partial charge in [0.05, 0.1) is 0 Å². The number of hydrogen-bond donors (Lipinski definition) is 0. The summed E-state index contributed by atoms with van der Waals surface area (Å²) in [4.78, 5) is 4.59. The summed E-state index contributed by atoms with van der Waals surface area (Å²) in [7, 11) is 0. The standard InChI is InChI=1S/C17H12N2S/c1-2-6-13-9-11-14(12-10-13)16-18-17(20-19-16)15-7-4-3-5-8-15/h1,3-5,7-12H,6H2. The molecule has 0 amide bonds. The molecule has 0 fully saturated rings. The monoisotopic (exact) mass is 276 g/mol. The van der Waals surface area contributed by atoms with E-state index in [1.807, 2.05) is 54.6 Å². The number of aromatic nitrogens is 2. The third-order valence-electron chi connectivity index (χ3n) is 2.97. The molecule has 0 N–H and O–H groups in total. The number of nitrogens with zero attached hydrogens (tertiary/aromatic N) is 2. The molecule has 1 aromatic heterocycles. The molecule has 2 nitrogen and oxygen atoms in total. The Morgan fingerprint density at radius 2 is 1.70 bits per heavy atom. The summed E-state index contributed by atoms with van der Waals surface area (Å²) >= 11 is 1.42. The molecular formula is C17H12N2S. The van der Waals surface area contributed by atoms with Crippen LogP contribution < -0.4 is 0 Å². The zero-order valence-electron chi connectivity index (χ0n) is 10.8. The highest BCUT2D eigenvalue weighted by Gasteiger charge is 2.07. The van der Waals surface area contributed by atoms with Crippen LogP contribution in [0.4, 0.5) is 0 Å². The highest BCUT2D eigenvalue weighted by atomic mass is 32.1. The van der Waals surface area contributed by atoms with Gasteiger partial charge >= 0.3 is 0 Å². The van der Waals surface area contributed by atoms with Crippen molar-refractivity contribution in [2.75, 3.05) is 0 Å². The fourth-order valence-corrected chi connectivity index (χ4v) is 2.62. The molecule has 0 spiro atoms. The molecule has 3 aromatic rings. The van der Waals surface area contributed by atoms with Crippen molar-refractivity contribution in [3.8, 4) is 34.3 Å². The minimum atomic E-state index is 0.653. The van der Waals surface area contributed by atoms with E-state index in [4.69, 9.17) is 6.42 Å². The van der Waals surface area contributed by atoms with E-state index in [2.05, 4.69) is 15.3 Å². The van der Waals surface area contributed by atoms with Gasteiger partial charge in [-0.3, -0.25) is 0 Å². The van der Waals surface area contributed by atoms with Crippen LogP contribution in [-0.4, -0.2) is 9.36 Å². The summed E-state index contributed by atoms with van der Waals surface area (Å²) in [5, 5.41) is 0.938. The van der Waals surface area contributed by atoms with Gasteiger partial charge in [-0.25, -0.2) is 4.98 Å². The van der Waals surface area contributed by atoms with E-state index >= 15 is 0 Å². The molecule has 3 heteroatoms. The summed E-state index contributed by atoms with van der Waals surface area (Å²) < 4.78 is 4.43. The van der Waals surface area contributed by atoms with Crippen LogP contribution in [0.3, 0.4) is 0 Å². The van der Waals surface area contributed by atoms with Crippen molar-refractivity contribution in [1.29, 1.82) is 0 Å². The van der Waals surface area contributed by atoms with Crippen molar-refractivity contribution in [1.82, 2.24) is 9.36 Å². The molecule has 0 atom stereocenters. The highest BCUT2D eigenvalue weighted by molar-refractivity contribution is 7.09. The fourth-order valence-electron chi connectivity index (χ4n) is 1.93. The van der Waals surface area contributed by atoms with E-state index in [-0.39, 0.29) is 0 Å². The Morgan fingerprint density at radius 1 is 0.950 bits per heavy atom. The topological polar surface area (TPSA) is 25.8 Å². The molecule has 2 aromatic carbocycles. The van der Waals surface area contributed by atoms with E-state index < -0.39 is 0 Å². The lowest BCUT2D eigenvalue weighted by atomic mass is 10.1. The van der Waals surface area contributed by atoms with Gasteiger partial charge in [-0.15, -0.1) is 12.3 Å². The van der Waals surface area contributed by atoms with E-state index in [1.165, 1.54) is 11.5 Å². The maximum Gasteiger partial charge on any atom is 0.173 e. The Bertz CT molecular complexity index is 737. The zero-order chi connectivity index (χ0) is 13.8. The van der Waals surface area contributed by atoms with Crippen LogP contribution in [0.15, 0.2) is 54.6 Å². The van der Waals surface area contributed by atoms with Crippen LogP contribution in [0.2, 0.25) is 0 Å². The second kappa shape index (κ2) is 5.68. The third-order valence-corrected chi connectivity index (χ3v) is 3.73. The first-order valence-corrected chi connectivity index (χ1v) is 7.06. The molecule has 0 radical (unpaired) electrons. The van der Waals surface area contributed by atoms with Gasteiger partial charge in [0.15, 0.2) is 5.82 Å². The molecule has 96 valence electrons. The van der Waals surface area contributed by atoms with Gasteiger partial charge < -0.3 is 0 Å². The van der Waals surface area contributed by atoms with E-state index in [0.717, 1.165) is 27.5 Å². The first kappa shape index (κ1) is 12.6. The lowest BCUT2D eigenvalue weighted by molar-refractivity contribution is 1.29. The van der Waals surface area contributed by atoms with Gasteiger partial charge in [0, 0.05) is 17.5 Å². The normalized spacial score (nSPS) is 10.2. The molecule has 0 aliphatic carbocycles.